The van der Waals surface area contributed by atoms with Crippen molar-refractivity contribution in [2.75, 3.05) is 44.7 Å². The smallest absolute Gasteiger partial charge is 0.242 e. The molecule has 110 valence electrons. The number of rotatable bonds is 3. The van der Waals surface area contributed by atoms with Crippen LogP contribution in [0.25, 0.3) is 0 Å². The third-order valence-corrected chi connectivity index (χ3v) is 4.44. The van der Waals surface area contributed by atoms with Crippen molar-refractivity contribution >= 4 is 28.3 Å². The van der Waals surface area contributed by atoms with Gasteiger partial charge in [0.25, 0.3) is 0 Å². The van der Waals surface area contributed by atoms with E-state index in [2.05, 4.69) is 9.88 Å². The molecule has 2 heterocycles. The van der Waals surface area contributed by atoms with Crippen molar-refractivity contribution in [3.05, 3.63) is 11.1 Å². The summed E-state index contributed by atoms with van der Waals surface area (Å²) in [6.07, 6.45) is 0. The van der Waals surface area contributed by atoms with Gasteiger partial charge in [-0.1, -0.05) is 0 Å². The lowest BCUT2D eigenvalue weighted by molar-refractivity contribution is -0.138. The molecule has 0 aromatic carbocycles. The number of aromatic nitrogens is 1. The molecule has 1 aliphatic rings. The number of nitrogens with zero attached hydrogens (tertiary/aromatic N) is 4. The maximum Gasteiger partial charge on any atom is 0.242 e. The fourth-order valence-electron chi connectivity index (χ4n) is 2.05. The highest BCUT2D eigenvalue weighted by molar-refractivity contribution is 7.13. The predicted octanol–water partition coefficient (Wildman–Crippen LogP) is 0.578. The highest BCUT2D eigenvalue weighted by Gasteiger charge is 2.23. The van der Waals surface area contributed by atoms with Gasteiger partial charge in [0.1, 0.15) is 0 Å². The third-order valence-electron chi connectivity index (χ3n) is 3.42. The van der Waals surface area contributed by atoms with Crippen LogP contribution >= 0.6 is 11.3 Å². The second-order valence-electron chi connectivity index (χ2n) is 5.01. The monoisotopic (exact) mass is 296 g/mol. The van der Waals surface area contributed by atoms with Crippen LogP contribution < -0.4 is 4.90 Å². The molecule has 0 atom stereocenters. The normalized spacial score (nSPS) is 15.3. The van der Waals surface area contributed by atoms with Gasteiger partial charge in [0.15, 0.2) is 5.13 Å². The molecule has 0 spiro atoms. The van der Waals surface area contributed by atoms with Crippen LogP contribution in [0.1, 0.15) is 12.6 Å². The first kappa shape index (κ1) is 14.8. The predicted molar refractivity (Wildman–Crippen MR) is 79.0 cm³/mol. The maximum atomic E-state index is 12.1. The number of hydrogen-bond donors (Lipinski definition) is 0. The van der Waals surface area contributed by atoms with E-state index >= 15 is 0 Å². The maximum absolute atomic E-state index is 12.1. The lowest BCUT2D eigenvalue weighted by Gasteiger charge is -2.35. The Morgan fingerprint density at radius 3 is 2.50 bits per heavy atom. The third kappa shape index (κ3) is 3.47. The quantitative estimate of drug-likeness (QED) is 0.819. The van der Waals surface area contributed by atoms with Crippen LogP contribution in [0.4, 0.5) is 5.13 Å². The minimum absolute atomic E-state index is 0.0117. The lowest BCUT2D eigenvalue weighted by atomic mass is 10.3. The number of amides is 2. The number of anilines is 1. The van der Waals surface area contributed by atoms with Gasteiger partial charge in [-0.2, -0.15) is 0 Å². The molecule has 1 aromatic heterocycles. The molecule has 2 amide bonds. The number of likely N-dealkylation sites (N-methyl/N-ethyl adjacent to an activating group) is 1. The van der Waals surface area contributed by atoms with Gasteiger partial charge in [-0.25, -0.2) is 4.98 Å². The fraction of sp³-hybridized carbons (Fsp3) is 0.615. The molecule has 6 nitrogen and oxygen atoms in total. The summed E-state index contributed by atoms with van der Waals surface area (Å²) in [7, 11) is 1.65. The van der Waals surface area contributed by atoms with E-state index in [0.717, 1.165) is 23.9 Å². The highest BCUT2D eigenvalue weighted by Crippen LogP contribution is 2.21. The molecule has 0 saturated carbocycles. The zero-order chi connectivity index (χ0) is 14.7. The van der Waals surface area contributed by atoms with Gasteiger partial charge in [-0.15, -0.1) is 11.3 Å². The molecule has 1 aliphatic heterocycles. The Hall–Kier alpha value is -1.63. The van der Waals surface area contributed by atoms with Crippen LogP contribution in [-0.4, -0.2) is 66.4 Å². The van der Waals surface area contributed by atoms with Gasteiger partial charge in [-0.05, 0) is 6.92 Å². The number of piperazine rings is 1. The number of carbonyl (C=O) groups is 2. The number of aryl methyl sites for hydroxylation is 1. The van der Waals surface area contributed by atoms with Crippen molar-refractivity contribution in [2.45, 2.75) is 13.8 Å². The summed E-state index contributed by atoms with van der Waals surface area (Å²) < 4.78 is 0. The first-order chi connectivity index (χ1) is 9.47. The number of hydrogen-bond acceptors (Lipinski definition) is 5. The van der Waals surface area contributed by atoms with Crippen LogP contribution in [-0.2, 0) is 9.59 Å². The molecule has 2 rings (SSSR count). The Bertz CT molecular complexity index is 494. The van der Waals surface area contributed by atoms with E-state index < -0.39 is 0 Å². The molecule has 20 heavy (non-hydrogen) atoms. The summed E-state index contributed by atoms with van der Waals surface area (Å²) in [5.41, 5.74) is 1.03. The molecule has 0 radical (unpaired) electrons. The minimum atomic E-state index is -0.0877. The molecule has 1 fully saturated rings. The van der Waals surface area contributed by atoms with Crippen molar-refractivity contribution in [1.82, 2.24) is 14.8 Å². The van der Waals surface area contributed by atoms with Gasteiger partial charge in [0.05, 0.1) is 12.2 Å². The summed E-state index contributed by atoms with van der Waals surface area (Å²) in [6.45, 7) is 6.57. The van der Waals surface area contributed by atoms with Gasteiger partial charge < -0.3 is 14.7 Å². The summed E-state index contributed by atoms with van der Waals surface area (Å²) in [5, 5.41) is 3.06. The van der Waals surface area contributed by atoms with Crippen LogP contribution in [0, 0.1) is 6.92 Å². The average Bonchev–Trinajstić information content (AvgIpc) is 2.85. The van der Waals surface area contributed by atoms with E-state index in [-0.39, 0.29) is 18.4 Å². The van der Waals surface area contributed by atoms with E-state index in [4.69, 9.17) is 0 Å². The van der Waals surface area contributed by atoms with E-state index in [0.29, 0.717) is 13.1 Å². The van der Waals surface area contributed by atoms with Crippen molar-refractivity contribution in [1.29, 1.82) is 0 Å². The molecular weight excluding hydrogens is 276 g/mol. The van der Waals surface area contributed by atoms with E-state index in [1.54, 1.807) is 18.4 Å². The number of carbonyl (C=O) groups excluding carboxylic acids is 2. The van der Waals surface area contributed by atoms with E-state index in [1.807, 2.05) is 17.2 Å². The largest absolute Gasteiger partial charge is 0.345 e. The minimum Gasteiger partial charge on any atom is -0.345 e. The van der Waals surface area contributed by atoms with Crippen LogP contribution in [0.3, 0.4) is 0 Å². The van der Waals surface area contributed by atoms with Crippen LogP contribution in [0.15, 0.2) is 5.38 Å². The Morgan fingerprint density at radius 1 is 1.35 bits per heavy atom. The van der Waals surface area contributed by atoms with Gasteiger partial charge in [0, 0.05) is 45.5 Å². The molecule has 1 aromatic rings. The second kappa shape index (κ2) is 6.21. The molecule has 0 aliphatic carbocycles. The Labute approximate surface area is 123 Å². The van der Waals surface area contributed by atoms with Crippen molar-refractivity contribution in [3.8, 4) is 0 Å². The Kier molecular flexibility index (Phi) is 4.59. The zero-order valence-corrected chi connectivity index (χ0v) is 12.9. The van der Waals surface area contributed by atoms with E-state index in [1.165, 1.54) is 11.8 Å². The topological polar surface area (TPSA) is 56.8 Å². The standard InChI is InChI=1S/C13H20N4O2S/c1-10-9-20-13(14-10)17-6-4-16(5-7-17)12(19)8-15(3)11(2)18/h9H,4-8H2,1-3H3. The van der Waals surface area contributed by atoms with Crippen molar-refractivity contribution in [2.24, 2.45) is 0 Å². The molecule has 0 N–H and O–H groups in total. The first-order valence-corrected chi connectivity index (χ1v) is 7.52. The van der Waals surface area contributed by atoms with Crippen LogP contribution in [0.5, 0.6) is 0 Å². The average molecular weight is 296 g/mol. The lowest BCUT2D eigenvalue weighted by Crippen LogP contribution is -2.51. The molecule has 7 heteroatoms. The Morgan fingerprint density at radius 2 is 2.00 bits per heavy atom. The summed E-state index contributed by atoms with van der Waals surface area (Å²) in [6, 6.07) is 0. The van der Waals surface area contributed by atoms with Gasteiger partial charge in [-0.3, -0.25) is 9.59 Å². The van der Waals surface area contributed by atoms with Crippen molar-refractivity contribution < 1.29 is 9.59 Å². The summed E-state index contributed by atoms with van der Waals surface area (Å²) in [5.74, 6) is -0.0760. The van der Waals surface area contributed by atoms with Crippen LogP contribution in [0.2, 0.25) is 0 Å². The zero-order valence-electron chi connectivity index (χ0n) is 12.1. The molecular formula is C13H20N4O2S. The molecule has 1 saturated heterocycles. The first-order valence-electron chi connectivity index (χ1n) is 6.64. The van der Waals surface area contributed by atoms with Gasteiger partial charge in [0.2, 0.25) is 11.8 Å². The summed E-state index contributed by atoms with van der Waals surface area (Å²) >= 11 is 1.64. The van der Waals surface area contributed by atoms with Gasteiger partial charge >= 0.3 is 0 Å². The Balaban J connectivity index is 1.85. The fourth-order valence-corrected chi connectivity index (χ4v) is 2.91. The highest BCUT2D eigenvalue weighted by atomic mass is 32.1. The second-order valence-corrected chi connectivity index (χ2v) is 5.85. The SMILES string of the molecule is CC(=O)N(C)CC(=O)N1CCN(c2nc(C)cs2)CC1. The summed E-state index contributed by atoms with van der Waals surface area (Å²) in [4.78, 5) is 33.1. The molecule has 0 unspecified atom stereocenters. The molecule has 0 bridgehead atoms. The van der Waals surface area contributed by atoms with Crippen molar-refractivity contribution in [3.63, 3.8) is 0 Å². The number of thiazole rings is 1. The van der Waals surface area contributed by atoms with E-state index in [9.17, 15) is 9.59 Å².